The molecule has 238 valence electrons. The molecule has 3 aliphatic carbocycles. The Morgan fingerprint density at radius 3 is 2.60 bits per heavy atom. The van der Waals surface area contributed by atoms with E-state index >= 15 is 0 Å². The molecule has 3 aliphatic rings. The molecule has 2 aromatic carbocycles. The van der Waals surface area contributed by atoms with Crippen molar-refractivity contribution in [3.05, 3.63) is 59.1 Å². The van der Waals surface area contributed by atoms with Gasteiger partial charge in [0.1, 0.15) is 22.7 Å². The van der Waals surface area contributed by atoms with Crippen LogP contribution in [0.3, 0.4) is 0 Å². The number of para-hydroxylation sites is 1. The van der Waals surface area contributed by atoms with Gasteiger partial charge in [0.25, 0.3) is 0 Å². The summed E-state index contributed by atoms with van der Waals surface area (Å²) in [6.07, 6.45) is 1.21. The zero-order valence-corrected chi connectivity index (χ0v) is 26.0. The molecule has 0 amide bonds. The molecule has 4 aromatic rings. The SMILES string of the molecule is CCOC(=O)c1cc(F)c2nc(SC3[C@@H]4CC[C@H]3CC(NCc3c(-c5ccccc5OC(F)(F)F)noc3C3CC3)C4)sc2c1. The number of hydrogen-bond acceptors (Lipinski definition) is 9. The van der Waals surface area contributed by atoms with Crippen LogP contribution in [0, 0.1) is 17.7 Å². The molecule has 0 aliphatic heterocycles. The van der Waals surface area contributed by atoms with Crippen LogP contribution in [0.5, 0.6) is 5.75 Å². The molecule has 2 aromatic heterocycles. The predicted octanol–water partition coefficient (Wildman–Crippen LogP) is 8.48. The highest BCUT2D eigenvalue weighted by molar-refractivity contribution is 8.01. The van der Waals surface area contributed by atoms with Crippen LogP contribution in [-0.4, -0.2) is 40.4 Å². The summed E-state index contributed by atoms with van der Waals surface area (Å²) in [5.74, 6) is 0.485. The average molecular weight is 662 g/mol. The molecule has 13 heteroatoms. The molecule has 3 saturated carbocycles. The molecule has 0 radical (unpaired) electrons. The molecule has 45 heavy (non-hydrogen) atoms. The molecule has 2 unspecified atom stereocenters. The summed E-state index contributed by atoms with van der Waals surface area (Å²) < 4.78 is 70.7. The monoisotopic (exact) mass is 661 g/mol. The Morgan fingerprint density at radius 2 is 1.89 bits per heavy atom. The van der Waals surface area contributed by atoms with Gasteiger partial charge in [0.15, 0.2) is 10.2 Å². The molecule has 1 N–H and O–H groups in total. The number of nitrogens with zero attached hydrogens (tertiary/aromatic N) is 2. The number of ether oxygens (including phenoxy) is 2. The first kappa shape index (κ1) is 30.5. The van der Waals surface area contributed by atoms with Crippen molar-refractivity contribution in [3.8, 4) is 17.0 Å². The minimum atomic E-state index is -4.82. The predicted molar refractivity (Wildman–Crippen MR) is 162 cm³/mol. The molecule has 2 heterocycles. The van der Waals surface area contributed by atoms with Crippen LogP contribution in [0.25, 0.3) is 21.5 Å². The lowest BCUT2D eigenvalue weighted by Gasteiger charge is -2.35. The fraction of sp³-hybridized carbons (Fsp3) is 0.469. The second-order valence-electron chi connectivity index (χ2n) is 11.9. The van der Waals surface area contributed by atoms with Gasteiger partial charge in [0.05, 0.1) is 16.9 Å². The summed E-state index contributed by atoms with van der Waals surface area (Å²) in [4.78, 5) is 16.7. The first-order valence-electron chi connectivity index (χ1n) is 15.2. The summed E-state index contributed by atoms with van der Waals surface area (Å²) in [5.41, 5.74) is 1.88. The number of fused-ring (bicyclic) bond motifs is 3. The number of hydrogen-bond donors (Lipinski definition) is 1. The third-order valence-electron chi connectivity index (χ3n) is 8.89. The van der Waals surface area contributed by atoms with Crippen LogP contribution in [0.15, 0.2) is 45.3 Å². The average Bonchev–Trinajstić information content (AvgIpc) is 3.55. The van der Waals surface area contributed by atoms with E-state index in [4.69, 9.17) is 9.26 Å². The van der Waals surface area contributed by atoms with E-state index < -0.39 is 18.1 Å². The van der Waals surface area contributed by atoms with Crippen molar-refractivity contribution in [3.63, 3.8) is 0 Å². The summed E-state index contributed by atoms with van der Waals surface area (Å²) >= 11 is 3.11. The van der Waals surface area contributed by atoms with Gasteiger partial charge < -0.3 is 19.3 Å². The molecular weight excluding hydrogens is 630 g/mol. The van der Waals surface area contributed by atoms with Gasteiger partial charge in [-0.05, 0) is 81.5 Å². The Kier molecular flexibility index (Phi) is 8.28. The maximum Gasteiger partial charge on any atom is 0.573 e. The molecular formula is C32H31F4N3O4S2. The summed E-state index contributed by atoms with van der Waals surface area (Å²) in [6.45, 7) is 2.36. The van der Waals surface area contributed by atoms with Crippen molar-refractivity contribution in [2.24, 2.45) is 11.8 Å². The van der Waals surface area contributed by atoms with Crippen molar-refractivity contribution >= 4 is 39.3 Å². The van der Waals surface area contributed by atoms with E-state index in [1.165, 1.54) is 29.5 Å². The number of carbonyl (C=O) groups excluding carboxylic acids is 1. The van der Waals surface area contributed by atoms with Gasteiger partial charge in [0.2, 0.25) is 0 Å². The quantitative estimate of drug-likeness (QED) is 0.134. The lowest BCUT2D eigenvalue weighted by molar-refractivity contribution is -0.274. The molecule has 7 nitrogen and oxygen atoms in total. The normalized spacial score (nSPS) is 23.0. The van der Waals surface area contributed by atoms with Gasteiger partial charge >= 0.3 is 12.3 Å². The number of halogens is 4. The lowest BCUT2D eigenvalue weighted by atomic mass is 9.84. The number of esters is 1. The number of nitrogens with one attached hydrogen (secondary N) is 1. The fourth-order valence-electron chi connectivity index (χ4n) is 6.79. The van der Waals surface area contributed by atoms with Crippen LogP contribution in [0.1, 0.15) is 73.0 Å². The molecule has 3 fully saturated rings. The smallest absolute Gasteiger partial charge is 0.462 e. The highest BCUT2D eigenvalue weighted by atomic mass is 32.2. The van der Waals surface area contributed by atoms with Gasteiger partial charge in [-0.3, -0.25) is 0 Å². The van der Waals surface area contributed by atoms with E-state index in [9.17, 15) is 22.4 Å². The van der Waals surface area contributed by atoms with E-state index in [1.54, 1.807) is 36.9 Å². The first-order chi connectivity index (χ1) is 21.7. The van der Waals surface area contributed by atoms with Gasteiger partial charge in [-0.1, -0.05) is 29.1 Å². The largest absolute Gasteiger partial charge is 0.573 e. The molecule has 0 spiro atoms. The van der Waals surface area contributed by atoms with Crippen molar-refractivity contribution in [2.45, 2.75) is 79.9 Å². The number of carbonyl (C=O) groups is 1. The zero-order valence-electron chi connectivity index (χ0n) is 24.4. The van der Waals surface area contributed by atoms with E-state index in [-0.39, 0.29) is 41.0 Å². The lowest BCUT2D eigenvalue weighted by Crippen LogP contribution is -2.39. The Balaban J connectivity index is 1.05. The Labute approximate surface area is 265 Å². The second-order valence-corrected chi connectivity index (χ2v) is 14.4. The van der Waals surface area contributed by atoms with Crippen LogP contribution in [0.2, 0.25) is 0 Å². The standard InChI is InChI=1S/C32H31F4N3O4S2/c1-2-41-30(40)19-13-23(33)27-25(14-19)44-31(38-27)45-29-17-9-10-18(29)12-20(11-17)37-15-22-26(39-43-28(22)16-7-8-16)21-5-3-4-6-24(21)42-32(34,35)36/h3-6,13-14,16-18,20,29,37H,2,7-12,15H2,1H3/t17-,18+,20?,29?. The van der Waals surface area contributed by atoms with E-state index in [2.05, 4.69) is 20.2 Å². The van der Waals surface area contributed by atoms with Crippen molar-refractivity contribution in [1.29, 1.82) is 0 Å². The summed E-state index contributed by atoms with van der Waals surface area (Å²) in [7, 11) is 0. The number of benzene rings is 2. The Hall–Kier alpha value is -3.16. The second kappa shape index (κ2) is 12.2. The molecule has 2 bridgehead atoms. The van der Waals surface area contributed by atoms with Crippen molar-refractivity contribution in [2.75, 3.05) is 6.61 Å². The van der Waals surface area contributed by atoms with E-state index in [0.29, 0.717) is 34.0 Å². The number of thioether (sulfide) groups is 1. The van der Waals surface area contributed by atoms with Crippen LogP contribution in [0.4, 0.5) is 17.6 Å². The highest BCUT2D eigenvalue weighted by Gasteiger charge is 2.44. The highest BCUT2D eigenvalue weighted by Crippen LogP contribution is 2.52. The zero-order chi connectivity index (χ0) is 31.3. The number of alkyl halides is 3. The Bertz CT molecular complexity index is 1710. The van der Waals surface area contributed by atoms with Crippen LogP contribution < -0.4 is 10.1 Å². The maximum absolute atomic E-state index is 14.8. The minimum Gasteiger partial charge on any atom is -0.462 e. The van der Waals surface area contributed by atoms with Crippen LogP contribution in [-0.2, 0) is 11.3 Å². The van der Waals surface area contributed by atoms with E-state index in [1.807, 2.05) is 0 Å². The van der Waals surface area contributed by atoms with Gasteiger partial charge in [-0.2, -0.15) is 0 Å². The third-order valence-corrected chi connectivity index (χ3v) is 11.6. The molecule has 0 saturated heterocycles. The molecule has 4 atom stereocenters. The minimum absolute atomic E-state index is 0.186. The van der Waals surface area contributed by atoms with Crippen LogP contribution >= 0.6 is 23.1 Å². The van der Waals surface area contributed by atoms with Gasteiger partial charge in [-0.25, -0.2) is 14.2 Å². The number of rotatable bonds is 10. The van der Waals surface area contributed by atoms with E-state index in [0.717, 1.165) is 54.2 Å². The topological polar surface area (TPSA) is 86.5 Å². The fourth-order valence-corrected chi connectivity index (χ4v) is 9.59. The summed E-state index contributed by atoms with van der Waals surface area (Å²) in [6, 6.07) is 9.10. The van der Waals surface area contributed by atoms with Gasteiger partial charge in [-0.15, -0.1) is 24.5 Å². The molecule has 7 rings (SSSR count). The third kappa shape index (κ3) is 6.44. The number of aromatic nitrogens is 2. The summed E-state index contributed by atoms with van der Waals surface area (Å²) in [5, 5.41) is 8.27. The number of thiazole rings is 1. The maximum atomic E-state index is 14.8. The first-order valence-corrected chi connectivity index (χ1v) is 16.9. The Morgan fingerprint density at radius 1 is 1.13 bits per heavy atom. The van der Waals surface area contributed by atoms with Crippen molar-refractivity contribution < 1.29 is 36.4 Å². The van der Waals surface area contributed by atoms with Gasteiger partial charge in [0, 0.05) is 34.9 Å². The van der Waals surface area contributed by atoms with Crippen molar-refractivity contribution in [1.82, 2.24) is 15.5 Å².